The van der Waals surface area contributed by atoms with Gasteiger partial charge in [0.05, 0.1) is 6.61 Å². The van der Waals surface area contributed by atoms with E-state index in [9.17, 15) is 0 Å². The van der Waals surface area contributed by atoms with Gasteiger partial charge in [-0.2, -0.15) is 0 Å². The molecule has 1 rings (SSSR count). The van der Waals surface area contributed by atoms with E-state index in [4.69, 9.17) is 4.74 Å². The van der Waals surface area contributed by atoms with Crippen molar-refractivity contribution in [3.05, 3.63) is 0 Å². The Kier molecular flexibility index (Phi) is 6.78. The van der Waals surface area contributed by atoms with E-state index in [1.807, 2.05) is 0 Å². The molecule has 0 bridgehead atoms. The highest BCUT2D eigenvalue weighted by Crippen LogP contribution is 2.30. The molecule has 19 heavy (non-hydrogen) atoms. The average molecular weight is 270 g/mol. The highest BCUT2D eigenvalue weighted by Gasteiger charge is 2.36. The number of hydrogen-bond acceptors (Lipinski definition) is 3. The van der Waals surface area contributed by atoms with E-state index in [0.29, 0.717) is 23.3 Å². The maximum atomic E-state index is 5.69. The van der Waals surface area contributed by atoms with Crippen molar-refractivity contribution in [2.75, 3.05) is 39.9 Å². The molecule has 0 amide bonds. The molecule has 114 valence electrons. The Bertz CT molecular complexity index is 247. The van der Waals surface area contributed by atoms with Crippen LogP contribution in [0.25, 0.3) is 0 Å². The van der Waals surface area contributed by atoms with Crippen LogP contribution >= 0.6 is 0 Å². The predicted octanol–water partition coefficient (Wildman–Crippen LogP) is 2.62. The molecule has 0 aliphatic carbocycles. The van der Waals surface area contributed by atoms with Gasteiger partial charge in [-0.15, -0.1) is 0 Å². The van der Waals surface area contributed by atoms with Crippen molar-refractivity contribution >= 4 is 0 Å². The lowest BCUT2D eigenvalue weighted by Crippen LogP contribution is -2.47. The van der Waals surface area contributed by atoms with Crippen molar-refractivity contribution in [1.82, 2.24) is 10.2 Å². The van der Waals surface area contributed by atoms with Crippen LogP contribution in [0.1, 0.15) is 41.0 Å². The number of ether oxygens (including phenoxy) is 1. The van der Waals surface area contributed by atoms with Gasteiger partial charge in [-0.05, 0) is 38.8 Å². The van der Waals surface area contributed by atoms with Crippen LogP contribution in [0.3, 0.4) is 0 Å². The van der Waals surface area contributed by atoms with E-state index >= 15 is 0 Å². The summed E-state index contributed by atoms with van der Waals surface area (Å²) in [4.78, 5) is 2.51. The molecule has 1 aliphatic rings. The third-order valence-corrected chi connectivity index (χ3v) is 4.48. The fraction of sp³-hybridized carbons (Fsp3) is 1.00. The second-order valence-corrected chi connectivity index (χ2v) is 7.23. The molecule has 1 fully saturated rings. The van der Waals surface area contributed by atoms with Crippen molar-refractivity contribution in [2.45, 2.75) is 47.1 Å². The normalized spacial score (nSPS) is 25.7. The zero-order valence-electron chi connectivity index (χ0n) is 13.8. The van der Waals surface area contributed by atoms with E-state index in [1.54, 1.807) is 0 Å². The SMILES string of the molecule is CC(C)CNCC1(CN(C)C(C)C(C)C)CCOC1. The maximum Gasteiger partial charge on any atom is 0.0547 e. The first-order chi connectivity index (χ1) is 8.86. The first-order valence-electron chi connectivity index (χ1n) is 7.85. The van der Waals surface area contributed by atoms with Crippen molar-refractivity contribution in [3.63, 3.8) is 0 Å². The van der Waals surface area contributed by atoms with Crippen LogP contribution in [-0.4, -0.2) is 50.8 Å². The van der Waals surface area contributed by atoms with Gasteiger partial charge in [0.2, 0.25) is 0 Å². The molecule has 1 heterocycles. The largest absolute Gasteiger partial charge is 0.381 e. The lowest BCUT2D eigenvalue weighted by Gasteiger charge is -2.37. The third kappa shape index (κ3) is 5.41. The Balaban J connectivity index is 2.51. The Morgan fingerprint density at radius 3 is 2.37 bits per heavy atom. The van der Waals surface area contributed by atoms with Crippen LogP contribution in [-0.2, 0) is 4.74 Å². The lowest BCUT2D eigenvalue weighted by atomic mass is 9.85. The minimum atomic E-state index is 0.312. The lowest BCUT2D eigenvalue weighted by molar-refractivity contribution is 0.0923. The van der Waals surface area contributed by atoms with Crippen LogP contribution in [0.15, 0.2) is 0 Å². The highest BCUT2D eigenvalue weighted by atomic mass is 16.5. The van der Waals surface area contributed by atoms with Crippen LogP contribution in [0.4, 0.5) is 0 Å². The molecule has 3 nitrogen and oxygen atoms in total. The maximum absolute atomic E-state index is 5.69. The minimum Gasteiger partial charge on any atom is -0.381 e. The summed E-state index contributed by atoms with van der Waals surface area (Å²) >= 11 is 0. The third-order valence-electron chi connectivity index (χ3n) is 4.48. The molecule has 3 heteroatoms. The average Bonchev–Trinajstić information content (AvgIpc) is 2.76. The number of nitrogens with zero attached hydrogens (tertiary/aromatic N) is 1. The van der Waals surface area contributed by atoms with E-state index in [0.717, 1.165) is 32.8 Å². The van der Waals surface area contributed by atoms with Crippen molar-refractivity contribution in [3.8, 4) is 0 Å². The van der Waals surface area contributed by atoms with Gasteiger partial charge in [0.25, 0.3) is 0 Å². The number of nitrogens with one attached hydrogen (secondary N) is 1. The highest BCUT2D eigenvalue weighted by molar-refractivity contribution is 4.89. The van der Waals surface area contributed by atoms with Crippen LogP contribution in [0.5, 0.6) is 0 Å². The predicted molar refractivity (Wildman–Crippen MR) is 82.5 cm³/mol. The second-order valence-electron chi connectivity index (χ2n) is 7.23. The second kappa shape index (κ2) is 7.61. The van der Waals surface area contributed by atoms with Crippen molar-refractivity contribution in [2.24, 2.45) is 17.3 Å². The Labute approximate surface area is 120 Å². The molecular weight excluding hydrogens is 236 g/mol. The van der Waals surface area contributed by atoms with Gasteiger partial charge in [-0.1, -0.05) is 27.7 Å². The Morgan fingerprint density at radius 1 is 1.21 bits per heavy atom. The molecular formula is C16H34N2O. The van der Waals surface area contributed by atoms with Gasteiger partial charge in [0.15, 0.2) is 0 Å². The summed E-state index contributed by atoms with van der Waals surface area (Å²) in [6, 6.07) is 0.627. The number of hydrogen-bond donors (Lipinski definition) is 1. The van der Waals surface area contributed by atoms with Crippen LogP contribution < -0.4 is 5.32 Å². The zero-order valence-corrected chi connectivity index (χ0v) is 13.8. The molecule has 0 aromatic carbocycles. The first-order valence-corrected chi connectivity index (χ1v) is 7.85. The molecule has 2 atom stereocenters. The number of rotatable bonds is 8. The standard InChI is InChI=1S/C16H34N2O/c1-13(2)9-17-10-16(7-8-19-12-16)11-18(6)15(5)14(3)4/h13-15,17H,7-12H2,1-6H3. The Hall–Kier alpha value is -0.120. The summed E-state index contributed by atoms with van der Waals surface area (Å²) in [6.45, 7) is 16.6. The molecule has 1 aliphatic heterocycles. The first kappa shape index (κ1) is 16.9. The van der Waals surface area contributed by atoms with E-state index in [-0.39, 0.29) is 0 Å². The van der Waals surface area contributed by atoms with E-state index in [1.165, 1.54) is 6.42 Å². The molecule has 1 N–H and O–H groups in total. The van der Waals surface area contributed by atoms with Crippen molar-refractivity contribution in [1.29, 1.82) is 0 Å². The van der Waals surface area contributed by atoms with Crippen molar-refractivity contribution < 1.29 is 4.74 Å². The van der Waals surface area contributed by atoms with Gasteiger partial charge in [0.1, 0.15) is 0 Å². The molecule has 0 spiro atoms. The van der Waals surface area contributed by atoms with Gasteiger partial charge in [-0.25, -0.2) is 0 Å². The van der Waals surface area contributed by atoms with E-state index in [2.05, 4.69) is 51.9 Å². The molecule has 0 aromatic heterocycles. The quantitative estimate of drug-likeness (QED) is 0.734. The summed E-state index contributed by atoms with van der Waals surface area (Å²) in [6.07, 6.45) is 1.19. The molecule has 2 unspecified atom stereocenters. The monoisotopic (exact) mass is 270 g/mol. The fourth-order valence-electron chi connectivity index (χ4n) is 2.78. The summed E-state index contributed by atoms with van der Waals surface area (Å²) < 4.78 is 5.69. The van der Waals surface area contributed by atoms with Gasteiger partial charge < -0.3 is 15.0 Å². The molecule has 0 radical (unpaired) electrons. The van der Waals surface area contributed by atoms with Gasteiger partial charge in [0, 0.05) is 31.2 Å². The fourth-order valence-corrected chi connectivity index (χ4v) is 2.78. The summed E-state index contributed by atoms with van der Waals surface area (Å²) in [5.41, 5.74) is 0.312. The van der Waals surface area contributed by atoms with Gasteiger partial charge in [-0.3, -0.25) is 0 Å². The minimum absolute atomic E-state index is 0.312. The van der Waals surface area contributed by atoms with Crippen LogP contribution in [0.2, 0.25) is 0 Å². The Morgan fingerprint density at radius 2 is 1.89 bits per heavy atom. The molecule has 0 saturated carbocycles. The van der Waals surface area contributed by atoms with E-state index < -0.39 is 0 Å². The summed E-state index contributed by atoms with van der Waals surface area (Å²) in [5.74, 6) is 1.42. The zero-order chi connectivity index (χ0) is 14.5. The summed E-state index contributed by atoms with van der Waals surface area (Å²) in [5, 5.41) is 3.63. The molecule has 1 saturated heterocycles. The smallest absolute Gasteiger partial charge is 0.0547 e. The van der Waals surface area contributed by atoms with Gasteiger partial charge >= 0.3 is 0 Å². The molecule has 0 aromatic rings. The van der Waals surface area contributed by atoms with Crippen LogP contribution in [0, 0.1) is 17.3 Å². The topological polar surface area (TPSA) is 24.5 Å². The summed E-state index contributed by atoms with van der Waals surface area (Å²) in [7, 11) is 2.26.